The van der Waals surface area contributed by atoms with E-state index in [9.17, 15) is 4.79 Å². The van der Waals surface area contributed by atoms with Gasteiger partial charge in [-0.2, -0.15) is 0 Å². The van der Waals surface area contributed by atoms with Crippen LogP contribution in [0.5, 0.6) is 5.75 Å². The van der Waals surface area contributed by atoms with Crippen molar-refractivity contribution < 1.29 is 14.6 Å². The molecule has 1 aromatic carbocycles. The molecule has 4 nitrogen and oxygen atoms in total. The van der Waals surface area contributed by atoms with Crippen LogP contribution in [0.15, 0.2) is 36.4 Å². The van der Waals surface area contributed by atoms with Crippen molar-refractivity contribution in [2.75, 3.05) is 6.61 Å². The van der Waals surface area contributed by atoms with Crippen LogP contribution in [0.25, 0.3) is 11.3 Å². The van der Waals surface area contributed by atoms with E-state index in [2.05, 4.69) is 4.98 Å². The predicted octanol–water partition coefficient (Wildman–Crippen LogP) is 3.17. The van der Waals surface area contributed by atoms with E-state index >= 15 is 0 Å². The van der Waals surface area contributed by atoms with E-state index in [1.807, 2.05) is 24.3 Å². The molecule has 98 valence electrons. The van der Waals surface area contributed by atoms with Crippen molar-refractivity contribution >= 4 is 5.97 Å². The molecule has 0 atom stereocenters. The van der Waals surface area contributed by atoms with E-state index in [1.165, 1.54) is 12.8 Å². The van der Waals surface area contributed by atoms with E-state index in [4.69, 9.17) is 9.84 Å². The number of nitrogens with one attached hydrogen (secondary N) is 1. The summed E-state index contributed by atoms with van der Waals surface area (Å²) in [5, 5.41) is 8.90. The third-order valence-electron chi connectivity index (χ3n) is 3.24. The number of H-pyrrole nitrogens is 1. The molecule has 0 aliphatic heterocycles. The molecule has 0 radical (unpaired) electrons. The van der Waals surface area contributed by atoms with Gasteiger partial charge in [0, 0.05) is 11.3 Å². The third-order valence-corrected chi connectivity index (χ3v) is 3.24. The molecule has 1 aliphatic rings. The topological polar surface area (TPSA) is 62.3 Å². The summed E-state index contributed by atoms with van der Waals surface area (Å²) in [5.74, 6) is 0.594. The molecular formula is C15H15NO3. The standard InChI is InChI=1S/C15H15NO3/c17-15(18)14-7-6-13(16-14)11-2-1-3-12(8-11)19-9-10-4-5-10/h1-3,6-8,10,16H,4-5,9H2,(H,17,18). The van der Waals surface area contributed by atoms with E-state index in [1.54, 1.807) is 12.1 Å². The largest absolute Gasteiger partial charge is 0.493 e. The van der Waals surface area contributed by atoms with Crippen molar-refractivity contribution in [1.29, 1.82) is 0 Å². The van der Waals surface area contributed by atoms with Crippen molar-refractivity contribution in [3.8, 4) is 17.0 Å². The second kappa shape index (κ2) is 4.80. The normalized spacial score (nSPS) is 14.3. The number of benzene rings is 1. The number of carbonyl (C=O) groups is 1. The minimum Gasteiger partial charge on any atom is -0.493 e. The van der Waals surface area contributed by atoms with E-state index in [0.717, 1.165) is 23.6 Å². The average Bonchev–Trinajstić information content (AvgIpc) is 3.10. The molecule has 3 rings (SSSR count). The summed E-state index contributed by atoms with van der Waals surface area (Å²) in [6.45, 7) is 0.772. The lowest BCUT2D eigenvalue weighted by Gasteiger charge is -2.06. The number of ether oxygens (including phenoxy) is 1. The fourth-order valence-corrected chi connectivity index (χ4v) is 1.94. The van der Waals surface area contributed by atoms with Crippen LogP contribution in [0.3, 0.4) is 0 Å². The third kappa shape index (κ3) is 2.78. The van der Waals surface area contributed by atoms with Gasteiger partial charge in [-0.25, -0.2) is 4.79 Å². The van der Waals surface area contributed by atoms with Crippen LogP contribution in [0.2, 0.25) is 0 Å². The first kappa shape index (κ1) is 11.8. The highest BCUT2D eigenvalue weighted by molar-refractivity contribution is 5.86. The maximum Gasteiger partial charge on any atom is 0.352 e. The molecule has 0 amide bonds. The number of rotatable bonds is 5. The lowest BCUT2D eigenvalue weighted by Crippen LogP contribution is -1.99. The van der Waals surface area contributed by atoms with Gasteiger partial charge < -0.3 is 14.8 Å². The first-order valence-electron chi connectivity index (χ1n) is 6.38. The van der Waals surface area contributed by atoms with Crippen molar-refractivity contribution in [1.82, 2.24) is 4.98 Å². The molecule has 0 spiro atoms. The number of hydrogen-bond acceptors (Lipinski definition) is 2. The number of carboxylic acids is 1. The van der Waals surface area contributed by atoms with Crippen LogP contribution in [-0.4, -0.2) is 22.7 Å². The summed E-state index contributed by atoms with van der Waals surface area (Å²) in [7, 11) is 0. The summed E-state index contributed by atoms with van der Waals surface area (Å²) in [5.41, 5.74) is 1.91. The highest BCUT2D eigenvalue weighted by atomic mass is 16.5. The van der Waals surface area contributed by atoms with E-state index < -0.39 is 5.97 Å². The zero-order chi connectivity index (χ0) is 13.2. The van der Waals surface area contributed by atoms with Gasteiger partial charge in [-0.3, -0.25) is 0 Å². The Hall–Kier alpha value is -2.23. The fourth-order valence-electron chi connectivity index (χ4n) is 1.94. The number of aromatic amines is 1. The lowest BCUT2D eigenvalue weighted by atomic mass is 10.1. The van der Waals surface area contributed by atoms with Gasteiger partial charge in [0.15, 0.2) is 0 Å². The van der Waals surface area contributed by atoms with Gasteiger partial charge in [-0.15, -0.1) is 0 Å². The molecule has 1 aliphatic carbocycles. The van der Waals surface area contributed by atoms with Gasteiger partial charge in [-0.05, 0) is 43.0 Å². The minimum absolute atomic E-state index is 0.194. The second-order valence-corrected chi connectivity index (χ2v) is 4.87. The highest BCUT2D eigenvalue weighted by Gasteiger charge is 2.21. The fraction of sp³-hybridized carbons (Fsp3) is 0.267. The summed E-state index contributed by atoms with van der Waals surface area (Å²) >= 11 is 0. The van der Waals surface area contributed by atoms with Crippen LogP contribution >= 0.6 is 0 Å². The molecule has 4 heteroatoms. The summed E-state index contributed by atoms with van der Waals surface area (Å²) < 4.78 is 5.72. The molecule has 0 unspecified atom stereocenters. The van der Waals surface area contributed by atoms with Gasteiger partial charge in [0.2, 0.25) is 0 Å². The van der Waals surface area contributed by atoms with Gasteiger partial charge in [0.1, 0.15) is 11.4 Å². The smallest absolute Gasteiger partial charge is 0.352 e. The molecule has 0 saturated heterocycles. The molecule has 19 heavy (non-hydrogen) atoms. The molecule has 1 heterocycles. The number of carboxylic acid groups (broad SMARTS) is 1. The molecule has 1 saturated carbocycles. The van der Waals surface area contributed by atoms with E-state index in [-0.39, 0.29) is 5.69 Å². The lowest BCUT2D eigenvalue weighted by molar-refractivity contribution is 0.0691. The quantitative estimate of drug-likeness (QED) is 0.864. The van der Waals surface area contributed by atoms with Crippen LogP contribution in [-0.2, 0) is 0 Å². The Kier molecular flexibility index (Phi) is 2.99. The van der Waals surface area contributed by atoms with Gasteiger partial charge >= 0.3 is 5.97 Å². The van der Waals surface area contributed by atoms with Crippen molar-refractivity contribution in [3.63, 3.8) is 0 Å². The monoisotopic (exact) mass is 257 g/mol. The number of aromatic carboxylic acids is 1. The SMILES string of the molecule is O=C(O)c1ccc(-c2cccc(OCC3CC3)c2)[nH]1. The molecule has 1 fully saturated rings. The molecular weight excluding hydrogens is 242 g/mol. The Morgan fingerprint density at radius 2 is 2.16 bits per heavy atom. The Balaban J connectivity index is 1.78. The van der Waals surface area contributed by atoms with Crippen molar-refractivity contribution in [3.05, 3.63) is 42.1 Å². The van der Waals surface area contributed by atoms with Gasteiger partial charge in [-0.1, -0.05) is 12.1 Å². The Bertz CT molecular complexity index is 599. The highest BCUT2D eigenvalue weighted by Crippen LogP contribution is 2.30. The van der Waals surface area contributed by atoms with Crippen molar-refractivity contribution in [2.45, 2.75) is 12.8 Å². The Morgan fingerprint density at radius 3 is 2.84 bits per heavy atom. The average molecular weight is 257 g/mol. The summed E-state index contributed by atoms with van der Waals surface area (Å²) in [6, 6.07) is 11.0. The minimum atomic E-state index is -0.951. The van der Waals surface area contributed by atoms with Crippen LogP contribution in [0, 0.1) is 5.92 Å². The summed E-state index contributed by atoms with van der Waals surface area (Å²) in [6.07, 6.45) is 2.52. The zero-order valence-corrected chi connectivity index (χ0v) is 10.4. The number of aromatic nitrogens is 1. The van der Waals surface area contributed by atoms with Crippen molar-refractivity contribution in [2.24, 2.45) is 5.92 Å². The van der Waals surface area contributed by atoms with Crippen LogP contribution in [0.4, 0.5) is 0 Å². The molecule has 2 aromatic rings. The van der Waals surface area contributed by atoms with E-state index in [0.29, 0.717) is 5.92 Å². The van der Waals surface area contributed by atoms with Crippen LogP contribution < -0.4 is 4.74 Å². The van der Waals surface area contributed by atoms with Crippen LogP contribution in [0.1, 0.15) is 23.3 Å². The Labute approximate surface area is 111 Å². The maximum atomic E-state index is 10.8. The predicted molar refractivity (Wildman–Crippen MR) is 71.4 cm³/mol. The second-order valence-electron chi connectivity index (χ2n) is 4.87. The Morgan fingerprint density at radius 1 is 1.32 bits per heavy atom. The zero-order valence-electron chi connectivity index (χ0n) is 10.4. The molecule has 2 N–H and O–H groups in total. The molecule has 1 aromatic heterocycles. The van der Waals surface area contributed by atoms with Gasteiger partial charge in [0.25, 0.3) is 0 Å². The first-order valence-corrected chi connectivity index (χ1v) is 6.38. The summed E-state index contributed by atoms with van der Waals surface area (Å²) in [4.78, 5) is 13.7. The number of hydrogen-bond donors (Lipinski definition) is 2. The molecule has 0 bridgehead atoms. The first-order chi connectivity index (χ1) is 9.22. The van der Waals surface area contributed by atoms with Gasteiger partial charge in [0.05, 0.1) is 6.61 Å². The maximum absolute atomic E-state index is 10.8.